The Kier molecular flexibility index (Phi) is 4.96. The van der Waals surface area contributed by atoms with Crippen molar-refractivity contribution < 1.29 is 13.9 Å². The molecule has 2 bridgehead atoms. The van der Waals surface area contributed by atoms with E-state index >= 15 is 0 Å². The Bertz CT molecular complexity index is 836. The highest BCUT2D eigenvalue weighted by atomic mass is 32.2. The third-order valence-corrected chi connectivity index (χ3v) is 6.46. The number of rotatable bonds is 5. The highest BCUT2D eigenvalue weighted by Gasteiger charge is 2.39. The smallest absolute Gasteiger partial charge is 0.318 e. The quantitative estimate of drug-likeness (QED) is 0.782. The lowest BCUT2D eigenvalue weighted by Crippen LogP contribution is -2.42. The van der Waals surface area contributed by atoms with Gasteiger partial charge in [0.05, 0.1) is 13.2 Å². The summed E-state index contributed by atoms with van der Waals surface area (Å²) in [6.45, 7) is 2.86. The van der Waals surface area contributed by atoms with Crippen LogP contribution in [0, 0.1) is 0 Å². The molecule has 3 aliphatic rings. The van der Waals surface area contributed by atoms with Crippen molar-refractivity contribution in [1.29, 1.82) is 0 Å². The van der Waals surface area contributed by atoms with Crippen LogP contribution in [0.4, 0.5) is 6.01 Å². The lowest BCUT2D eigenvalue weighted by atomic mass is 9.95. The van der Waals surface area contributed by atoms with Crippen LogP contribution >= 0.6 is 11.8 Å². The number of ether oxygens (including phenoxy) is 1. The maximum atomic E-state index is 12.5. The summed E-state index contributed by atoms with van der Waals surface area (Å²) in [5, 5.41) is 15.4. The van der Waals surface area contributed by atoms with Gasteiger partial charge in [-0.1, -0.05) is 10.2 Å². The molecule has 1 amide bonds. The molecule has 8 nitrogen and oxygen atoms in total. The van der Waals surface area contributed by atoms with Crippen molar-refractivity contribution in [3.8, 4) is 0 Å². The summed E-state index contributed by atoms with van der Waals surface area (Å²) in [5.41, 5.74) is 0.673. The Morgan fingerprint density at radius 3 is 2.71 bits per heavy atom. The summed E-state index contributed by atoms with van der Waals surface area (Å²) in [4.78, 5) is 15.5. The van der Waals surface area contributed by atoms with Crippen molar-refractivity contribution in [2.24, 2.45) is 0 Å². The molecule has 0 unspecified atom stereocenters. The standard InChI is InChI=1S/C19H23N5O3S/c25-17(21-16-11-13-3-6-15(16)20-13)12-1-4-14(5-2-12)28-19-23-22-18(27-19)24-7-9-26-10-8-24/h1-2,4-5,13,15-16,20H,3,6-11H2,(H,21,25)/t13-,15+,16-/m1/s1. The summed E-state index contributed by atoms with van der Waals surface area (Å²) in [7, 11) is 0. The molecule has 4 heterocycles. The van der Waals surface area contributed by atoms with E-state index in [9.17, 15) is 4.79 Å². The van der Waals surface area contributed by atoms with E-state index in [1.807, 2.05) is 29.2 Å². The molecule has 3 atom stereocenters. The molecule has 9 heteroatoms. The van der Waals surface area contributed by atoms with Gasteiger partial charge in [0.2, 0.25) is 0 Å². The van der Waals surface area contributed by atoms with E-state index in [0.717, 1.165) is 30.8 Å². The van der Waals surface area contributed by atoms with Crippen molar-refractivity contribution in [3.63, 3.8) is 0 Å². The number of fused-ring (bicyclic) bond motifs is 2. The van der Waals surface area contributed by atoms with Crippen LogP contribution in [0.5, 0.6) is 0 Å². The largest absolute Gasteiger partial charge is 0.397 e. The average Bonchev–Trinajstić information content (AvgIpc) is 3.46. The molecule has 2 aromatic rings. The van der Waals surface area contributed by atoms with E-state index in [4.69, 9.17) is 9.15 Å². The van der Waals surface area contributed by atoms with Crippen molar-refractivity contribution in [3.05, 3.63) is 29.8 Å². The molecule has 1 aromatic heterocycles. The van der Waals surface area contributed by atoms with Gasteiger partial charge in [0.1, 0.15) is 0 Å². The minimum absolute atomic E-state index is 0.0108. The lowest BCUT2D eigenvalue weighted by molar-refractivity contribution is 0.0931. The molecular weight excluding hydrogens is 378 g/mol. The first-order valence-corrected chi connectivity index (χ1v) is 10.6. The van der Waals surface area contributed by atoms with Gasteiger partial charge in [-0.3, -0.25) is 4.79 Å². The zero-order chi connectivity index (χ0) is 18.9. The molecule has 3 fully saturated rings. The van der Waals surface area contributed by atoms with Gasteiger partial charge in [0.15, 0.2) is 0 Å². The van der Waals surface area contributed by atoms with E-state index in [1.54, 1.807) is 0 Å². The Hall–Kier alpha value is -2.10. The Morgan fingerprint density at radius 2 is 2.00 bits per heavy atom. The number of benzene rings is 1. The number of nitrogens with zero attached hydrogens (tertiary/aromatic N) is 3. The molecule has 148 valence electrons. The zero-order valence-electron chi connectivity index (χ0n) is 15.5. The highest BCUT2D eigenvalue weighted by molar-refractivity contribution is 7.99. The van der Waals surface area contributed by atoms with E-state index in [0.29, 0.717) is 42.1 Å². The topological polar surface area (TPSA) is 92.5 Å². The highest BCUT2D eigenvalue weighted by Crippen LogP contribution is 2.30. The monoisotopic (exact) mass is 401 g/mol. The molecule has 0 aliphatic carbocycles. The number of amides is 1. The first-order valence-electron chi connectivity index (χ1n) is 9.75. The fourth-order valence-corrected chi connectivity index (χ4v) is 4.81. The molecule has 2 N–H and O–H groups in total. The van der Waals surface area contributed by atoms with Crippen LogP contribution in [-0.2, 0) is 4.74 Å². The number of aromatic nitrogens is 2. The van der Waals surface area contributed by atoms with Gasteiger partial charge in [-0.15, -0.1) is 0 Å². The van der Waals surface area contributed by atoms with Gasteiger partial charge < -0.3 is 24.7 Å². The molecule has 5 rings (SSSR count). The summed E-state index contributed by atoms with van der Waals surface area (Å²) in [6.07, 6.45) is 3.42. The van der Waals surface area contributed by atoms with Crippen molar-refractivity contribution in [1.82, 2.24) is 20.8 Å². The van der Waals surface area contributed by atoms with Gasteiger partial charge in [0, 0.05) is 41.7 Å². The van der Waals surface area contributed by atoms with Crippen molar-refractivity contribution in [2.45, 2.75) is 47.5 Å². The number of nitrogens with one attached hydrogen (secondary N) is 2. The minimum Gasteiger partial charge on any atom is -0.397 e. The molecule has 0 saturated carbocycles. The van der Waals surface area contributed by atoms with Gasteiger partial charge in [-0.2, -0.15) is 0 Å². The van der Waals surface area contributed by atoms with Crippen LogP contribution < -0.4 is 15.5 Å². The third kappa shape index (κ3) is 3.74. The first-order chi connectivity index (χ1) is 13.7. The number of carbonyl (C=O) groups is 1. The molecule has 0 spiro atoms. The zero-order valence-corrected chi connectivity index (χ0v) is 16.3. The van der Waals surface area contributed by atoms with Crippen LogP contribution in [0.15, 0.2) is 38.8 Å². The second-order valence-electron chi connectivity index (χ2n) is 7.44. The maximum absolute atomic E-state index is 12.5. The first kappa shape index (κ1) is 18.0. The number of morpholine rings is 1. The van der Waals surface area contributed by atoms with Crippen LogP contribution in [-0.4, -0.2) is 60.5 Å². The predicted molar refractivity (Wildman–Crippen MR) is 104 cm³/mol. The van der Waals surface area contributed by atoms with Crippen molar-refractivity contribution >= 4 is 23.7 Å². The number of hydrogen-bond donors (Lipinski definition) is 2. The number of hydrogen-bond acceptors (Lipinski definition) is 8. The van der Waals surface area contributed by atoms with Crippen LogP contribution in [0.25, 0.3) is 0 Å². The van der Waals surface area contributed by atoms with E-state index in [1.165, 1.54) is 18.2 Å². The van der Waals surface area contributed by atoms with Crippen LogP contribution in [0.2, 0.25) is 0 Å². The molecule has 0 radical (unpaired) electrons. The Labute approximate surface area is 167 Å². The van der Waals surface area contributed by atoms with Gasteiger partial charge in [-0.25, -0.2) is 0 Å². The third-order valence-electron chi connectivity index (χ3n) is 5.62. The molecule has 28 heavy (non-hydrogen) atoms. The maximum Gasteiger partial charge on any atom is 0.318 e. The van der Waals surface area contributed by atoms with E-state index in [-0.39, 0.29) is 11.9 Å². The fourth-order valence-electron chi connectivity index (χ4n) is 4.14. The second kappa shape index (κ2) is 7.73. The van der Waals surface area contributed by atoms with Gasteiger partial charge in [-0.05, 0) is 55.3 Å². The molecule has 3 saturated heterocycles. The molecule has 3 aliphatic heterocycles. The van der Waals surface area contributed by atoms with Crippen molar-refractivity contribution in [2.75, 3.05) is 31.2 Å². The normalized spacial score (nSPS) is 26.6. The van der Waals surface area contributed by atoms with Crippen LogP contribution in [0.1, 0.15) is 29.6 Å². The number of anilines is 1. The van der Waals surface area contributed by atoms with Gasteiger partial charge in [0.25, 0.3) is 11.1 Å². The number of carbonyl (C=O) groups excluding carboxylic acids is 1. The average molecular weight is 401 g/mol. The molecular formula is C19H23N5O3S. The predicted octanol–water partition coefficient (Wildman–Crippen LogP) is 1.68. The summed E-state index contributed by atoms with van der Waals surface area (Å²) in [5.74, 6) is -0.0108. The van der Waals surface area contributed by atoms with Crippen LogP contribution in [0.3, 0.4) is 0 Å². The minimum atomic E-state index is -0.0108. The second-order valence-corrected chi connectivity index (χ2v) is 8.46. The van der Waals surface area contributed by atoms with E-state index < -0.39 is 0 Å². The lowest BCUT2D eigenvalue weighted by Gasteiger charge is -2.24. The fraction of sp³-hybridized carbons (Fsp3) is 0.526. The SMILES string of the molecule is O=C(N[C@@H]1C[C@H]2CC[C@@H]1N2)c1ccc(Sc2nnc(N3CCOCC3)o2)cc1. The molecule has 1 aromatic carbocycles. The summed E-state index contributed by atoms with van der Waals surface area (Å²) in [6, 6.07) is 9.30. The van der Waals surface area contributed by atoms with Gasteiger partial charge >= 0.3 is 6.01 Å². The Balaban J connectivity index is 1.18. The Morgan fingerprint density at radius 1 is 1.18 bits per heavy atom. The summed E-state index contributed by atoms with van der Waals surface area (Å²) < 4.78 is 11.1. The summed E-state index contributed by atoms with van der Waals surface area (Å²) >= 11 is 1.40. The van der Waals surface area contributed by atoms with E-state index in [2.05, 4.69) is 20.8 Å².